The highest BCUT2D eigenvalue weighted by molar-refractivity contribution is 5.98. The molecular formula is C21H25ClN2O2. The lowest BCUT2D eigenvalue weighted by Gasteiger charge is -2.15. The number of hydrogen-bond donors (Lipinski definition) is 2. The Kier molecular flexibility index (Phi) is 7.37. The van der Waals surface area contributed by atoms with Gasteiger partial charge in [-0.15, -0.1) is 12.4 Å². The minimum Gasteiger partial charge on any atom is -0.352 e. The molecule has 4 nitrogen and oxygen atoms in total. The van der Waals surface area contributed by atoms with Crippen LogP contribution in [-0.2, 0) is 4.79 Å². The molecule has 0 radical (unpaired) electrons. The molecule has 1 amide bonds. The topological polar surface area (TPSA) is 72.2 Å². The monoisotopic (exact) mass is 372 g/mol. The lowest BCUT2D eigenvalue weighted by molar-refractivity contribution is -0.121. The first-order valence-electron chi connectivity index (χ1n) is 8.85. The van der Waals surface area contributed by atoms with E-state index in [1.165, 1.54) is 0 Å². The first-order chi connectivity index (χ1) is 12.2. The fourth-order valence-electron chi connectivity index (χ4n) is 3.00. The van der Waals surface area contributed by atoms with Crippen molar-refractivity contribution in [3.05, 3.63) is 60.2 Å². The Morgan fingerprint density at radius 2 is 1.58 bits per heavy atom. The summed E-state index contributed by atoms with van der Waals surface area (Å²) in [6, 6.07) is 17.6. The van der Waals surface area contributed by atoms with E-state index in [1.54, 1.807) is 0 Å². The molecule has 26 heavy (non-hydrogen) atoms. The Balaban J connectivity index is 0.00000243. The van der Waals surface area contributed by atoms with Crippen molar-refractivity contribution in [2.45, 2.75) is 31.7 Å². The quantitative estimate of drug-likeness (QED) is 0.695. The number of nitrogens with one attached hydrogen (secondary N) is 1. The Morgan fingerprint density at radius 3 is 2.15 bits per heavy atom. The van der Waals surface area contributed by atoms with Gasteiger partial charge in [0.1, 0.15) is 0 Å². The van der Waals surface area contributed by atoms with E-state index in [9.17, 15) is 9.59 Å². The molecule has 1 fully saturated rings. The summed E-state index contributed by atoms with van der Waals surface area (Å²) in [5.41, 5.74) is 8.53. The third-order valence-electron chi connectivity index (χ3n) is 4.68. The second-order valence-electron chi connectivity index (χ2n) is 6.61. The number of benzene rings is 2. The molecule has 3 rings (SSSR count). The first-order valence-corrected chi connectivity index (χ1v) is 8.85. The van der Waals surface area contributed by atoms with Crippen molar-refractivity contribution in [1.82, 2.24) is 5.32 Å². The summed E-state index contributed by atoms with van der Waals surface area (Å²) in [7, 11) is 0. The molecule has 5 heteroatoms. The maximum Gasteiger partial charge on any atom is 0.220 e. The van der Waals surface area contributed by atoms with Gasteiger partial charge in [-0.2, -0.15) is 0 Å². The van der Waals surface area contributed by atoms with E-state index in [1.807, 2.05) is 54.6 Å². The minimum absolute atomic E-state index is 0. The molecule has 2 aromatic carbocycles. The van der Waals surface area contributed by atoms with Crippen LogP contribution in [0.15, 0.2) is 54.6 Å². The number of nitrogens with two attached hydrogens (primary N) is 1. The molecule has 0 heterocycles. The zero-order valence-corrected chi connectivity index (χ0v) is 15.5. The molecule has 1 aliphatic rings. The Bertz CT molecular complexity index is 727. The van der Waals surface area contributed by atoms with Crippen molar-refractivity contribution in [2.24, 2.45) is 11.7 Å². The molecule has 1 unspecified atom stereocenters. The number of amides is 1. The third kappa shape index (κ3) is 5.41. The van der Waals surface area contributed by atoms with Crippen LogP contribution in [0.2, 0.25) is 0 Å². The maximum atomic E-state index is 12.3. The molecule has 138 valence electrons. The van der Waals surface area contributed by atoms with E-state index in [-0.39, 0.29) is 43.0 Å². The molecule has 1 aliphatic carbocycles. The van der Waals surface area contributed by atoms with Crippen LogP contribution in [0.25, 0.3) is 11.1 Å². The van der Waals surface area contributed by atoms with Crippen LogP contribution in [-0.4, -0.2) is 24.3 Å². The van der Waals surface area contributed by atoms with Gasteiger partial charge in [0.05, 0.1) is 0 Å². The van der Waals surface area contributed by atoms with Gasteiger partial charge in [0.15, 0.2) is 5.78 Å². The first kappa shape index (κ1) is 20.1. The van der Waals surface area contributed by atoms with Gasteiger partial charge in [-0.3, -0.25) is 9.59 Å². The maximum absolute atomic E-state index is 12.3. The summed E-state index contributed by atoms with van der Waals surface area (Å²) in [5.74, 6) is 0.428. The number of carbonyl (C=O) groups excluding carboxylic acids is 2. The molecule has 0 aliphatic heterocycles. The molecule has 0 saturated heterocycles. The van der Waals surface area contributed by atoms with Gasteiger partial charge in [0.25, 0.3) is 0 Å². The summed E-state index contributed by atoms with van der Waals surface area (Å²) in [5, 5.41) is 2.95. The molecule has 1 saturated carbocycles. The molecular weight excluding hydrogens is 348 g/mol. The second-order valence-corrected chi connectivity index (χ2v) is 6.61. The van der Waals surface area contributed by atoms with Gasteiger partial charge in [0, 0.05) is 31.0 Å². The number of ketones is 1. The Hall–Kier alpha value is -2.17. The predicted molar refractivity (Wildman–Crippen MR) is 106 cm³/mol. The third-order valence-corrected chi connectivity index (χ3v) is 4.68. The standard InChI is InChI=1S/C21H24N2O2.ClH/c22-14-19(17-8-9-17)23-21(25)13-12-20(24)18-10-6-16(7-11-18)15-4-2-1-3-5-15;/h1-7,10-11,17,19H,8-9,12-14,22H2,(H,23,25);1H. The summed E-state index contributed by atoms with van der Waals surface area (Å²) in [6.45, 7) is 0.464. The van der Waals surface area contributed by atoms with Crippen LogP contribution in [0.1, 0.15) is 36.0 Å². The van der Waals surface area contributed by atoms with Crippen LogP contribution < -0.4 is 11.1 Å². The van der Waals surface area contributed by atoms with Crippen LogP contribution in [0.4, 0.5) is 0 Å². The molecule has 1 atom stereocenters. The van der Waals surface area contributed by atoms with E-state index in [0.29, 0.717) is 18.0 Å². The van der Waals surface area contributed by atoms with Gasteiger partial charge in [-0.05, 0) is 29.9 Å². The fourth-order valence-corrected chi connectivity index (χ4v) is 3.00. The van der Waals surface area contributed by atoms with Crippen molar-refractivity contribution in [2.75, 3.05) is 6.54 Å². The highest BCUT2D eigenvalue weighted by Gasteiger charge is 2.31. The van der Waals surface area contributed by atoms with Gasteiger partial charge in [-0.25, -0.2) is 0 Å². The highest BCUT2D eigenvalue weighted by Crippen LogP contribution is 2.32. The predicted octanol–water partition coefficient (Wildman–Crippen LogP) is 3.59. The van der Waals surface area contributed by atoms with Crippen LogP contribution in [0, 0.1) is 5.92 Å². The smallest absolute Gasteiger partial charge is 0.220 e. The van der Waals surface area contributed by atoms with Crippen LogP contribution in [0.5, 0.6) is 0 Å². The lowest BCUT2D eigenvalue weighted by atomic mass is 10.0. The molecule has 3 N–H and O–H groups in total. The summed E-state index contributed by atoms with van der Waals surface area (Å²) >= 11 is 0. The summed E-state index contributed by atoms with van der Waals surface area (Å²) in [4.78, 5) is 24.3. The average molecular weight is 373 g/mol. The van der Waals surface area contributed by atoms with Crippen LogP contribution in [0.3, 0.4) is 0 Å². The van der Waals surface area contributed by atoms with E-state index < -0.39 is 0 Å². The van der Waals surface area contributed by atoms with Gasteiger partial charge < -0.3 is 11.1 Å². The molecule has 0 aromatic heterocycles. The van der Waals surface area contributed by atoms with Crippen molar-refractivity contribution in [1.29, 1.82) is 0 Å². The number of halogens is 1. The summed E-state index contributed by atoms with van der Waals surface area (Å²) < 4.78 is 0. The molecule has 0 bridgehead atoms. The van der Waals surface area contributed by atoms with E-state index in [2.05, 4.69) is 5.32 Å². The van der Waals surface area contributed by atoms with E-state index in [0.717, 1.165) is 24.0 Å². The van der Waals surface area contributed by atoms with Gasteiger partial charge in [-0.1, -0.05) is 54.6 Å². The van der Waals surface area contributed by atoms with Crippen LogP contribution >= 0.6 is 12.4 Å². The van der Waals surface area contributed by atoms with E-state index in [4.69, 9.17) is 5.73 Å². The average Bonchev–Trinajstić information content (AvgIpc) is 3.50. The SMILES string of the molecule is Cl.NCC(NC(=O)CCC(=O)c1ccc(-c2ccccc2)cc1)C1CC1. The fraction of sp³-hybridized carbons (Fsp3) is 0.333. The lowest BCUT2D eigenvalue weighted by Crippen LogP contribution is -2.41. The van der Waals surface area contributed by atoms with Crippen molar-refractivity contribution < 1.29 is 9.59 Å². The zero-order chi connectivity index (χ0) is 17.6. The molecule has 2 aromatic rings. The highest BCUT2D eigenvalue weighted by atomic mass is 35.5. The van der Waals surface area contributed by atoms with Crippen molar-refractivity contribution in [3.8, 4) is 11.1 Å². The normalized spacial score (nSPS) is 14.2. The Morgan fingerprint density at radius 1 is 0.962 bits per heavy atom. The van der Waals surface area contributed by atoms with Crippen molar-refractivity contribution in [3.63, 3.8) is 0 Å². The van der Waals surface area contributed by atoms with Crippen molar-refractivity contribution >= 4 is 24.1 Å². The largest absolute Gasteiger partial charge is 0.352 e. The van der Waals surface area contributed by atoms with E-state index >= 15 is 0 Å². The number of carbonyl (C=O) groups is 2. The van der Waals surface area contributed by atoms with Gasteiger partial charge in [0.2, 0.25) is 5.91 Å². The second kappa shape index (κ2) is 9.51. The minimum atomic E-state index is -0.0865. The van der Waals surface area contributed by atoms with Gasteiger partial charge >= 0.3 is 0 Å². The summed E-state index contributed by atoms with van der Waals surface area (Å²) in [6.07, 6.45) is 2.70. The zero-order valence-electron chi connectivity index (χ0n) is 14.7. The number of hydrogen-bond acceptors (Lipinski definition) is 3. The number of Topliss-reactive ketones (excluding diaryl/α,β-unsaturated/α-hetero) is 1. The Labute approximate surface area is 160 Å². The number of rotatable bonds is 8. The molecule has 0 spiro atoms.